The highest BCUT2D eigenvalue weighted by Crippen LogP contribution is 2.34. The SMILES string of the molecule is CCC1(C(=O)O)CCN(Cc2ccc(F)c(F)c2)C1. The molecule has 0 radical (unpaired) electrons. The number of benzene rings is 1. The fourth-order valence-electron chi connectivity index (χ4n) is 2.60. The predicted molar refractivity (Wildman–Crippen MR) is 66.6 cm³/mol. The number of carboxylic acids is 1. The van der Waals surface area contributed by atoms with Gasteiger partial charge in [-0.15, -0.1) is 0 Å². The quantitative estimate of drug-likeness (QED) is 0.913. The van der Waals surface area contributed by atoms with Gasteiger partial charge in [0.15, 0.2) is 11.6 Å². The first-order chi connectivity index (χ1) is 8.97. The van der Waals surface area contributed by atoms with Gasteiger partial charge >= 0.3 is 5.97 Å². The lowest BCUT2D eigenvalue weighted by molar-refractivity contribution is -0.148. The Morgan fingerprint density at radius 1 is 1.42 bits per heavy atom. The van der Waals surface area contributed by atoms with E-state index >= 15 is 0 Å². The summed E-state index contributed by atoms with van der Waals surface area (Å²) < 4.78 is 25.9. The molecule has 0 bridgehead atoms. The lowest BCUT2D eigenvalue weighted by Gasteiger charge is -2.23. The summed E-state index contributed by atoms with van der Waals surface area (Å²) in [4.78, 5) is 13.3. The Hall–Kier alpha value is -1.49. The number of carbonyl (C=O) groups is 1. The first-order valence-electron chi connectivity index (χ1n) is 6.36. The zero-order valence-corrected chi connectivity index (χ0v) is 10.8. The molecule has 2 rings (SSSR count). The molecule has 3 nitrogen and oxygen atoms in total. The lowest BCUT2D eigenvalue weighted by Crippen LogP contribution is -2.33. The third kappa shape index (κ3) is 2.76. The summed E-state index contributed by atoms with van der Waals surface area (Å²) in [5.74, 6) is -2.50. The number of hydrogen-bond donors (Lipinski definition) is 1. The smallest absolute Gasteiger partial charge is 0.310 e. The number of rotatable bonds is 4. The van der Waals surface area contributed by atoms with Crippen molar-refractivity contribution in [2.75, 3.05) is 13.1 Å². The molecule has 1 saturated heterocycles. The maximum Gasteiger partial charge on any atom is 0.310 e. The molecule has 1 aliphatic rings. The molecule has 19 heavy (non-hydrogen) atoms. The normalized spacial score (nSPS) is 23.7. The third-order valence-corrected chi connectivity index (χ3v) is 3.95. The van der Waals surface area contributed by atoms with Crippen LogP contribution in [0.1, 0.15) is 25.3 Å². The van der Waals surface area contributed by atoms with Gasteiger partial charge < -0.3 is 5.11 Å². The van der Waals surface area contributed by atoms with Gasteiger partial charge in [-0.3, -0.25) is 9.69 Å². The van der Waals surface area contributed by atoms with Crippen LogP contribution in [0.4, 0.5) is 8.78 Å². The van der Waals surface area contributed by atoms with Crippen LogP contribution in [0.3, 0.4) is 0 Å². The van der Waals surface area contributed by atoms with Crippen LogP contribution in [-0.4, -0.2) is 29.1 Å². The minimum atomic E-state index is -0.864. The Labute approximate surface area is 110 Å². The summed E-state index contributed by atoms with van der Waals surface area (Å²) in [7, 11) is 0. The molecule has 1 unspecified atom stereocenters. The molecular weight excluding hydrogens is 252 g/mol. The summed E-state index contributed by atoms with van der Waals surface area (Å²) in [5, 5.41) is 9.29. The Balaban J connectivity index is 2.05. The van der Waals surface area contributed by atoms with Crippen LogP contribution in [0.2, 0.25) is 0 Å². The fraction of sp³-hybridized carbons (Fsp3) is 0.500. The first-order valence-corrected chi connectivity index (χ1v) is 6.36. The van der Waals surface area contributed by atoms with Crippen molar-refractivity contribution in [2.24, 2.45) is 5.41 Å². The summed E-state index contributed by atoms with van der Waals surface area (Å²) in [6.45, 7) is 3.44. The van der Waals surface area contributed by atoms with E-state index < -0.39 is 23.0 Å². The molecule has 1 aromatic carbocycles. The van der Waals surface area contributed by atoms with E-state index in [1.807, 2.05) is 11.8 Å². The summed E-state index contributed by atoms with van der Waals surface area (Å²) in [5.41, 5.74) is -0.0327. The van der Waals surface area contributed by atoms with Gasteiger partial charge in [0.1, 0.15) is 0 Å². The van der Waals surface area contributed by atoms with Crippen molar-refractivity contribution >= 4 is 5.97 Å². The molecule has 5 heteroatoms. The fourth-order valence-corrected chi connectivity index (χ4v) is 2.60. The molecule has 1 aliphatic heterocycles. The van der Waals surface area contributed by atoms with Crippen LogP contribution in [0, 0.1) is 17.0 Å². The van der Waals surface area contributed by atoms with Crippen LogP contribution in [0.5, 0.6) is 0 Å². The first kappa shape index (κ1) is 13.9. The number of aliphatic carboxylic acids is 1. The van der Waals surface area contributed by atoms with Crippen LogP contribution in [0.15, 0.2) is 18.2 Å². The molecule has 1 aromatic rings. The summed E-state index contributed by atoms with van der Waals surface area (Å²) in [6, 6.07) is 3.80. The standard InChI is InChI=1S/C14H17F2NO2/c1-2-14(13(18)19)5-6-17(9-14)8-10-3-4-11(15)12(16)7-10/h3-4,7H,2,5-6,8-9H2,1H3,(H,18,19). The number of hydrogen-bond acceptors (Lipinski definition) is 2. The number of carboxylic acid groups (broad SMARTS) is 1. The average Bonchev–Trinajstić information content (AvgIpc) is 2.79. The van der Waals surface area contributed by atoms with Crippen LogP contribution < -0.4 is 0 Å². The Kier molecular flexibility index (Phi) is 3.85. The van der Waals surface area contributed by atoms with Crippen LogP contribution in [0.25, 0.3) is 0 Å². The summed E-state index contributed by atoms with van der Waals surface area (Å²) in [6.07, 6.45) is 1.18. The highest BCUT2D eigenvalue weighted by atomic mass is 19.2. The number of likely N-dealkylation sites (tertiary alicyclic amines) is 1. The van der Waals surface area contributed by atoms with E-state index in [9.17, 15) is 18.7 Å². The molecule has 0 aliphatic carbocycles. The van der Waals surface area contributed by atoms with Gasteiger partial charge in [-0.05, 0) is 37.1 Å². The Morgan fingerprint density at radius 3 is 2.68 bits per heavy atom. The third-order valence-electron chi connectivity index (χ3n) is 3.95. The van der Waals surface area contributed by atoms with Crippen molar-refractivity contribution in [2.45, 2.75) is 26.3 Å². The molecule has 0 aromatic heterocycles. The maximum absolute atomic E-state index is 13.1. The van der Waals surface area contributed by atoms with Crippen LogP contribution in [-0.2, 0) is 11.3 Å². The van der Waals surface area contributed by atoms with E-state index in [1.165, 1.54) is 12.1 Å². The number of nitrogens with zero attached hydrogens (tertiary/aromatic N) is 1. The van der Waals surface area contributed by atoms with Gasteiger partial charge in [0.2, 0.25) is 0 Å². The monoisotopic (exact) mass is 269 g/mol. The maximum atomic E-state index is 13.1. The lowest BCUT2D eigenvalue weighted by atomic mass is 9.84. The van der Waals surface area contributed by atoms with Gasteiger partial charge in [0.05, 0.1) is 5.41 Å². The second kappa shape index (κ2) is 5.25. The zero-order chi connectivity index (χ0) is 14.0. The van der Waals surface area contributed by atoms with Crippen molar-refractivity contribution in [3.63, 3.8) is 0 Å². The molecule has 0 saturated carbocycles. The largest absolute Gasteiger partial charge is 0.481 e. The Bertz CT molecular complexity index is 492. The predicted octanol–water partition coefficient (Wildman–Crippen LogP) is 2.65. The second-order valence-electron chi connectivity index (χ2n) is 5.15. The molecule has 104 valence electrons. The highest BCUT2D eigenvalue weighted by Gasteiger charge is 2.43. The molecule has 1 atom stereocenters. The molecular formula is C14H17F2NO2. The minimum Gasteiger partial charge on any atom is -0.481 e. The van der Waals surface area contributed by atoms with Crippen molar-refractivity contribution in [3.8, 4) is 0 Å². The van der Waals surface area contributed by atoms with E-state index in [0.29, 0.717) is 38.0 Å². The van der Waals surface area contributed by atoms with Crippen molar-refractivity contribution < 1.29 is 18.7 Å². The molecule has 1 heterocycles. The van der Waals surface area contributed by atoms with E-state index in [4.69, 9.17) is 0 Å². The van der Waals surface area contributed by atoms with E-state index in [2.05, 4.69) is 0 Å². The molecule has 1 N–H and O–H groups in total. The second-order valence-corrected chi connectivity index (χ2v) is 5.15. The molecule has 1 fully saturated rings. The van der Waals surface area contributed by atoms with E-state index in [0.717, 1.165) is 6.07 Å². The topological polar surface area (TPSA) is 40.5 Å². The van der Waals surface area contributed by atoms with E-state index in [1.54, 1.807) is 0 Å². The van der Waals surface area contributed by atoms with Crippen molar-refractivity contribution in [1.29, 1.82) is 0 Å². The average molecular weight is 269 g/mol. The number of halogens is 2. The van der Waals surface area contributed by atoms with Gasteiger partial charge in [-0.2, -0.15) is 0 Å². The van der Waals surface area contributed by atoms with Crippen LogP contribution >= 0.6 is 0 Å². The molecule has 0 amide bonds. The van der Waals surface area contributed by atoms with Gasteiger partial charge in [-0.1, -0.05) is 13.0 Å². The Morgan fingerprint density at radius 2 is 2.16 bits per heavy atom. The minimum absolute atomic E-state index is 0.451. The summed E-state index contributed by atoms with van der Waals surface area (Å²) >= 11 is 0. The van der Waals surface area contributed by atoms with Gasteiger partial charge in [0, 0.05) is 13.1 Å². The van der Waals surface area contributed by atoms with Gasteiger partial charge in [0.25, 0.3) is 0 Å². The molecule has 0 spiro atoms. The zero-order valence-electron chi connectivity index (χ0n) is 10.8. The van der Waals surface area contributed by atoms with Crippen molar-refractivity contribution in [1.82, 2.24) is 4.90 Å². The highest BCUT2D eigenvalue weighted by molar-refractivity contribution is 5.75. The van der Waals surface area contributed by atoms with Crippen molar-refractivity contribution in [3.05, 3.63) is 35.4 Å². The van der Waals surface area contributed by atoms with Gasteiger partial charge in [-0.25, -0.2) is 8.78 Å². The van der Waals surface area contributed by atoms with E-state index in [-0.39, 0.29) is 0 Å².